The van der Waals surface area contributed by atoms with Crippen LogP contribution in [0.25, 0.3) is 0 Å². The molecule has 2 aliphatic heterocycles. The van der Waals surface area contributed by atoms with Gasteiger partial charge in [-0.05, 0) is 37.8 Å². The molecule has 0 aliphatic carbocycles. The summed E-state index contributed by atoms with van der Waals surface area (Å²) in [5.74, 6) is -1.19. The number of carbonyl (C=O) groups excluding carboxylic acids is 2. The van der Waals surface area contributed by atoms with Gasteiger partial charge in [0.15, 0.2) is 6.61 Å². The van der Waals surface area contributed by atoms with Crippen molar-refractivity contribution in [2.75, 3.05) is 37.7 Å². The molecule has 0 aromatic heterocycles. The van der Waals surface area contributed by atoms with E-state index in [1.54, 1.807) is 6.07 Å². The van der Waals surface area contributed by atoms with E-state index >= 15 is 0 Å². The van der Waals surface area contributed by atoms with E-state index in [0.717, 1.165) is 51.6 Å². The first-order valence-electron chi connectivity index (χ1n) is 10.1. The lowest BCUT2D eigenvalue weighted by Crippen LogP contribution is -2.34. The van der Waals surface area contributed by atoms with Gasteiger partial charge in [-0.2, -0.15) is 0 Å². The van der Waals surface area contributed by atoms with Crippen LogP contribution in [0.2, 0.25) is 0 Å². The highest BCUT2D eigenvalue weighted by molar-refractivity contribution is 5.93. The van der Waals surface area contributed by atoms with Crippen molar-refractivity contribution in [3.8, 4) is 0 Å². The van der Waals surface area contributed by atoms with Crippen molar-refractivity contribution in [1.29, 1.82) is 0 Å². The van der Waals surface area contributed by atoms with Crippen LogP contribution in [0, 0.1) is 10.1 Å². The van der Waals surface area contributed by atoms with E-state index in [1.807, 2.05) is 4.90 Å². The highest BCUT2D eigenvalue weighted by Gasteiger charge is 2.23. The van der Waals surface area contributed by atoms with Gasteiger partial charge in [-0.3, -0.25) is 14.9 Å². The molecule has 1 atom stereocenters. The second-order valence-corrected chi connectivity index (χ2v) is 7.38. The number of hydrogen-bond donors (Lipinski definition) is 1. The molecule has 0 unspecified atom stereocenters. The van der Waals surface area contributed by atoms with Gasteiger partial charge in [0.25, 0.3) is 11.6 Å². The molecule has 9 heteroatoms. The number of nitro groups is 1. The van der Waals surface area contributed by atoms with Gasteiger partial charge >= 0.3 is 5.97 Å². The van der Waals surface area contributed by atoms with Gasteiger partial charge in [-0.15, -0.1) is 0 Å². The molecule has 2 saturated heterocycles. The fourth-order valence-corrected chi connectivity index (χ4v) is 3.67. The molecule has 1 aromatic rings. The van der Waals surface area contributed by atoms with E-state index in [2.05, 4.69) is 5.32 Å². The fraction of sp³-hybridized carbons (Fsp3) is 0.600. The topological polar surface area (TPSA) is 111 Å². The first-order valence-corrected chi connectivity index (χ1v) is 10.1. The molecule has 2 fully saturated rings. The van der Waals surface area contributed by atoms with E-state index < -0.39 is 23.4 Å². The van der Waals surface area contributed by atoms with E-state index in [0.29, 0.717) is 18.8 Å². The molecule has 0 radical (unpaired) electrons. The van der Waals surface area contributed by atoms with Crippen LogP contribution >= 0.6 is 0 Å². The summed E-state index contributed by atoms with van der Waals surface area (Å²) in [6, 6.07) is 4.34. The Kier molecular flexibility index (Phi) is 7.40. The Morgan fingerprint density at radius 2 is 1.97 bits per heavy atom. The molecule has 0 spiro atoms. The third-order valence-electron chi connectivity index (χ3n) is 5.24. The van der Waals surface area contributed by atoms with E-state index in [1.165, 1.54) is 12.1 Å². The zero-order chi connectivity index (χ0) is 20.6. The number of anilines is 1. The van der Waals surface area contributed by atoms with Gasteiger partial charge in [-0.1, -0.05) is 12.8 Å². The van der Waals surface area contributed by atoms with Crippen LogP contribution in [0.15, 0.2) is 18.2 Å². The maximum atomic E-state index is 12.3. The SMILES string of the molecule is O=C(COC(=O)c1ccc(N2CCCCCC2)c([N+](=O)[O-])c1)NC[C@@H]1CCCO1. The predicted octanol–water partition coefficient (Wildman–Crippen LogP) is 2.43. The number of hydrogen-bond acceptors (Lipinski definition) is 7. The fourth-order valence-electron chi connectivity index (χ4n) is 3.67. The number of rotatable bonds is 7. The molecule has 1 aromatic carbocycles. The van der Waals surface area contributed by atoms with Gasteiger partial charge in [0.2, 0.25) is 0 Å². The lowest BCUT2D eigenvalue weighted by molar-refractivity contribution is -0.384. The van der Waals surface area contributed by atoms with Crippen molar-refractivity contribution >= 4 is 23.3 Å². The molecule has 3 rings (SSSR count). The summed E-state index contributed by atoms with van der Waals surface area (Å²) in [6.07, 6.45) is 6.08. The highest BCUT2D eigenvalue weighted by atomic mass is 16.6. The molecule has 0 bridgehead atoms. The molecule has 2 aliphatic rings. The average molecular weight is 405 g/mol. The Morgan fingerprint density at radius 3 is 2.62 bits per heavy atom. The summed E-state index contributed by atoms with van der Waals surface area (Å²) in [7, 11) is 0. The molecular formula is C20H27N3O6. The van der Waals surface area contributed by atoms with Crippen molar-refractivity contribution in [1.82, 2.24) is 5.32 Å². The third-order valence-corrected chi connectivity index (χ3v) is 5.24. The first-order chi connectivity index (χ1) is 14.0. The van der Waals surface area contributed by atoms with Crippen molar-refractivity contribution < 1.29 is 24.0 Å². The van der Waals surface area contributed by atoms with Crippen LogP contribution in [-0.4, -0.2) is 55.8 Å². The van der Waals surface area contributed by atoms with Crippen molar-refractivity contribution in [2.24, 2.45) is 0 Å². The minimum atomic E-state index is -0.761. The molecule has 158 valence electrons. The van der Waals surface area contributed by atoms with Crippen LogP contribution in [0.5, 0.6) is 0 Å². The summed E-state index contributed by atoms with van der Waals surface area (Å²) in [5, 5.41) is 14.2. The lowest BCUT2D eigenvalue weighted by atomic mass is 10.1. The number of nitrogens with one attached hydrogen (secondary N) is 1. The number of nitrogens with zero attached hydrogens (tertiary/aromatic N) is 2. The van der Waals surface area contributed by atoms with Gasteiger partial charge in [-0.25, -0.2) is 4.79 Å². The number of esters is 1. The number of ether oxygens (including phenoxy) is 2. The minimum absolute atomic E-state index is 0.00355. The van der Waals surface area contributed by atoms with Crippen molar-refractivity contribution in [3.63, 3.8) is 0 Å². The highest BCUT2D eigenvalue weighted by Crippen LogP contribution is 2.31. The normalized spacial score (nSPS) is 19.4. The maximum Gasteiger partial charge on any atom is 0.338 e. The summed E-state index contributed by atoms with van der Waals surface area (Å²) in [5.41, 5.74) is 0.453. The van der Waals surface area contributed by atoms with Gasteiger partial charge in [0.1, 0.15) is 5.69 Å². The van der Waals surface area contributed by atoms with Crippen molar-refractivity contribution in [3.05, 3.63) is 33.9 Å². The molecule has 9 nitrogen and oxygen atoms in total. The Bertz CT molecular complexity index is 740. The largest absolute Gasteiger partial charge is 0.452 e. The zero-order valence-corrected chi connectivity index (χ0v) is 16.4. The molecule has 2 heterocycles. The summed E-state index contributed by atoms with van der Waals surface area (Å²) in [6.45, 7) is 2.16. The van der Waals surface area contributed by atoms with Crippen molar-refractivity contribution in [2.45, 2.75) is 44.6 Å². The Balaban J connectivity index is 1.58. The zero-order valence-electron chi connectivity index (χ0n) is 16.4. The molecule has 0 saturated carbocycles. The molecular weight excluding hydrogens is 378 g/mol. The van der Waals surface area contributed by atoms with Crippen LogP contribution in [-0.2, 0) is 14.3 Å². The van der Waals surface area contributed by atoms with E-state index in [9.17, 15) is 19.7 Å². The van der Waals surface area contributed by atoms with E-state index in [4.69, 9.17) is 9.47 Å². The third kappa shape index (κ3) is 5.90. The minimum Gasteiger partial charge on any atom is -0.452 e. The monoisotopic (exact) mass is 405 g/mol. The van der Waals surface area contributed by atoms with Crippen LogP contribution in [0.1, 0.15) is 48.9 Å². The number of amides is 1. The second-order valence-electron chi connectivity index (χ2n) is 7.38. The Labute approximate surface area is 169 Å². The molecule has 29 heavy (non-hydrogen) atoms. The van der Waals surface area contributed by atoms with Crippen LogP contribution < -0.4 is 10.2 Å². The Hall–Kier alpha value is -2.68. The summed E-state index contributed by atoms with van der Waals surface area (Å²) >= 11 is 0. The standard InChI is InChI=1S/C20H27N3O6/c24-19(21-13-16-6-5-11-28-16)14-29-20(25)15-7-8-17(18(12-15)23(26)27)22-9-3-1-2-4-10-22/h7-8,12,16H,1-6,9-11,13-14H2,(H,21,24)/t16-/m0/s1. The van der Waals surface area contributed by atoms with Crippen LogP contribution in [0.3, 0.4) is 0 Å². The average Bonchev–Trinajstić information content (AvgIpc) is 3.10. The van der Waals surface area contributed by atoms with Gasteiger partial charge in [0.05, 0.1) is 16.6 Å². The van der Waals surface area contributed by atoms with Gasteiger partial charge < -0.3 is 19.7 Å². The summed E-state index contributed by atoms with van der Waals surface area (Å²) in [4.78, 5) is 37.2. The Morgan fingerprint density at radius 1 is 1.21 bits per heavy atom. The van der Waals surface area contributed by atoms with Crippen LogP contribution in [0.4, 0.5) is 11.4 Å². The quantitative estimate of drug-likeness (QED) is 0.421. The van der Waals surface area contributed by atoms with Gasteiger partial charge in [0, 0.05) is 32.3 Å². The number of benzene rings is 1. The molecule has 1 N–H and O–H groups in total. The smallest absolute Gasteiger partial charge is 0.338 e. The lowest BCUT2D eigenvalue weighted by Gasteiger charge is -2.22. The van der Waals surface area contributed by atoms with E-state index in [-0.39, 0.29) is 17.4 Å². The predicted molar refractivity (Wildman–Crippen MR) is 106 cm³/mol. The first kappa shape index (κ1) is 21.0. The molecule has 1 amide bonds. The number of carbonyl (C=O) groups is 2. The second kappa shape index (κ2) is 10.2. The summed E-state index contributed by atoms with van der Waals surface area (Å²) < 4.78 is 10.4. The maximum absolute atomic E-state index is 12.3. The number of nitro benzene ring substituents is 1.